The van der Waals surface area contributed by atoms with Crippen LogP contribution in [0.25, 0.3) is 0 Å². The second kappa shape index (κ2) is 8.60. The molecule has 2 aliphatic heterocycles. The van der Waals surface area contributed by atoms with Crippen LogP contribution in [-0.4, -0.2) is 90.3 Å². The second-order valence-electron chi connectivity index (χ2n) is 7.59. The van der Waals surface area contributed by atoms with E-state index in [0.717, 1.165) is 50.8 Å². The smallest absolute Gasteiger partial charge is 0.249 e. The number of likely N-dealkylation sites (N-methyl/N-ethyl adjacent to an activating group) is 1. The van der Waals surface area contributed by atoms with Crippen LogP contribution in [0.1, 0.15) is 6.92 Å². The summed E-state index contributed by atoms with van der Waals surface area (Å²) in [6, 6.07) is 8.36. The van der Waals surface area contributed by atoms with Crippen LogP contribution in [-0.2, 0) is 4.79 Å². The molecule has 9 nitrogen and oxygen atoms in total. The Morgan fingerprint density at radius 3 is 2.24 bits per heavy atom. The summed E-state index contributed by atoms with van der Waals surface area (Å²) >= 11 is 0. The van der Waals surface area contributed by atoms with Crippen molar-refractivity contribution >= 4 is 29.0 Å². The molecule has 4 rings (SSSR count). The molecule has 0 aliphatic carbocycles. The molecule has 1 aromatic heterocycles. The van der Waals surface area contributed by atoms with Gasteiger partial charge in [0.1, 0.15) is 0 Å². The number of rotatable bonds is 4. The summed E-state index contributed by atoms with van der Waals surface area (Å²) in [5.41, 5.74) is 2.17. The summed E-state index contributed by atoms with van der Waals surface area (Å²) < 4.78 is 0. The Balaban J connectivity index is 1.37. The van der Waals surface area contributed by atoms with Crippen molar-refractivity contribution in [1.29, 1.82) is 0 Å². The Morgan fingerprint density at radius 1 is 0.931 bits per heavy atom. The van der Waals surface area contributed by atoms with Crippen LogP contribution >= 0.6 is 0 Å². The first-order chi connectivity index (χ1) is 14.1. The molecule has 1 amide bonds. The first-order valence-corrected chi connectivity index (χ1v) is 10.1. The molecule has 2 fully saturated rings. The molecule has 3 heterocycles. The van der Waals surface area contributed by atoms with Gasteiger partial charge in [-0.15, -0.1) is 5.10 Å². The number of carbonyl (C=O) groups excluding carboxylic acids is 1. The molecule has 29 heavy (non-hydrogen) atoms. The summed E-state index contributed by atoms with van der Waals surface area (Å²) in [5.74, 6) is 1.37. The third-order valence-corrected chi connectivity index (χ3v) is 5.59. The molecular weight excluding hydrogens is 368 g/mol. The quantitative estimate of drug-likeness (QED) is 0.821. The van der Waals surface area contributed by atoms with Crippen molar-refractivity contribution in [3.05, 3.63) is 30.5 Å². The van der Waals surface area contributed by atoms with E-state index < -0.39 is 0 Å². The highest BCUT2D eigenvalue weighted by molar-refractivity contribution is 5.73. The lowest BCUT2D eigenvalue weighted by Gasteiger charge is -2.34. The molecule has 2 aliphatic rings. The topological polar surface area (TPSA) is 80.7 Å². The molecule has 0 bridgehead atoms. The fraction of sp³-hybridized carbons (Fsp3) is 0.500. The SMILES string of the molecule is CC(=O)N1CCN(c2cnnc(Nc3ccc(N4CCN(C)CC4)cc3)n2)CC1. The highest BCUT2D eigenvalue weighted by Gasteiger charge is 2.20. The van der Waals surface area contributed by atoms with Crippen molar-refractivity contribution in [2.45, 2.75) is 6.92 Å². The molecule has 0 atom stereocenters. The second-order valence-corrected chi connectivity index (χ2v) is 7.59. The molecule has 0 radical (unpaired) electrons. The number of anilines is 4. The van der Waals surface area contributed by atoms with Crippen molar-refractivity contribution in [3.63, 3.8) is 0 Å². The van der Waals surface area contributed by atoms with Gasteiger partial charge in [-0.2, -0.15) is 10.1 Å². The highest BCUT2D eigenvalue weighted by Crippen LogP contribution is 2.21. The Labute approximate surface area is 171 Å². The Kier molecular flexibility index (Phi) is 5.75. The van der Waals surface area contributed by atoms with E-state index in [-0.39, 0.29) is 5.91 Å². The zero-order valence-electron chi connectivity index (χ0n) is 17.1. The van der Waals surface area contributed by atoms with E-state index in [1.54, 1.807) is 13.1 Å². The lowest BCUT2D eigenvalue weighted by molar-refractivity contribution is -0.129. The lowest BCUT2D eigenvalue weighted by atomic mass is 10.2. The predicted octanol–water partition coefficient (Wildman–Crippen LogP) is 1.04. The van der Waals surface area contributed by atoms with E-state index in [4.69, 9.17) is 0 Å². The third-order valence-electron chi connectivity index (χ3n) is 5.59. The van der Waals surface area contributed by atoms with E-state index in [1.807, 2.05) is 4.90 Å². The Bertz CT molecular complexity index is 827. The van der Waals surface area contributed by atoms with Gasteiger partial charge in [-0.1, -0.05) is 0 Å². The van der Waals surface area contributed by atoms with Crippen molar-refractivity contribution in [3.8, 4) is 0 Å². The molecule has 2 saturated heterocycles. The molecule has 0 unspecified atom stereocenters. The predicted molar refractivity (Wildman–Crippen MR) is 114 cm³/mol. The zero-order chi connectivity index (χ0) is 20.2. The van der Waals surface area contributed by atoms with Gasteiger partial charge >= 0.3 is 0 Å². The van der Waals surface area contributed by atoms with Crippen molar-refractivity contribution in [2.24, 2.45) is 0 Å². The first-order valence-electron chi connectivity index (χ1n) is 10.1. The van der Waals surface area contributed by atoms with Gasteiger partial charge < -0.3 is 24.9 Å². The fourth-order valence-corrected chi connectivity index (χ4v) is 3.70. The molecular formula is C20H28N8O. The van der Waals surface area contributed by atoms with Gasteiger partial charge in [0.15, 0.2) is 5.82 Å². The summed E-state index contributed by atoms with van der Waals surface area (Å²) in [4.78, 5) is 24.8. The fourth-order valence-electron chi connectivity index (χ4n) is 3.70. The van der Waals surface area contributed by atoms with E-state index >= 15 is 0 Å². The number of hydrogen-bond acceptors (Lipinski definition) is 8. The maximum absolute atomic E-state index is 11.5. The molecule has 1 aromatic carbocycles. The van der Waals surface area contributed by atoms with E-state index in [0.29, 0.717) is 19.0 Å². The van der Waals surface area contributed by atoms with Crippen LogP contribution in [0.2, 0.25) is 0 Å². The summed E-state index contributed by atoms with van der Waals surface area (Å²) in [7, 11) is 2.16. The minimum absolute atomic E-state index is 0.118. The number of benzene rings is 1. The van der Waals surface area contributed by atoms with Crippen molar-refractivity contribution in [1.82, 2.24) is 25.0 Å². The number of hydrogen-bond donors (Lipinski definition) is 1. The minimum Gasteiger partial charge on any atom is -0.369 e. The average Bonchev–Trinajstić information content (AvgIpc) is 2.75. The Hall–Kier alpha value is -2.94. The zero-order valence-corrected chi connectivity index (χ0v) is 17.1. The number of amides is 1. The van der Waals surface area contributed by atoms with Crippen molar-refractivity contribution < 1.29 is 4.79 Å². The standard InChI is InChI=1S/C20H28N8O/c1-16(29)26-11-13-28(14-12-26)19-15-21-24-20(23-19)22-17-3-5-18(6-4-17)27-9-7-25(2)8-10-27/h3-6,15H,7-14H2,1-2H3,(H,22,23,24). The first kappa shape index (κ1) is 19.4. The van der Waals surface area contributed by atoms with Crippen LogP contribution in [0, 0.1) is 0 Å². The number of aromatic nitrogens is 3. The average molecular weight is 396 g/mol. The van der Waals surface area contributed by atoms with Gasteiger partial charge in [0.2, 0.25) is 11.9 Å². The largest absolute Gasteiger partial charge is 0.369 e. The van der Waals surface area contributed by atoms with Crippen molar-refractivity contribution in [2.75, 3.05) is 74.5 Å². The van der Waals surface area contributed by atoms with E-state index in [1.165, 1.54) is 5.69 Å². The van der Waals surface area contributed by atoms with Crippen LogP contribution in [0.4, 0.5) is 23.1 Å². The summed E-state index contributed by atoms with van der Waals surface area (Å²) in [5, 5.41) is 11.5. The normalized spacial score (nSPS) is 18.1. The van der Waals surface area contributed by atoms with Gasteiger partial charge in [0.05, 0.1) is 6.20 Å². The monoisotopic (exact) mass is 396 g/mol. The number of nitrogens with one attached hydrogen (secondary N) is 1. The maximum atomic E-state index is 11.5. The van der Waals surface area contributed by atoms with Crippen LogP contribution in [0.15, 0.2) is 30.5 Å². The van der Waals surface area contributed by atoms with E-state index in [2.05, 4.69) is 66.5 Å². The summed E-state index contributed by atoms with van der Waals surface area (Å²) in [6.45, 7) is 8.80. The van der Waals surface area contributed by atoms with Crippen LogP contribution in [0.3, 0.4) is 0 Å². The van der Waals surface area contributed by atoms with Gasteiger partial charge in [-0.25, -0.2) is 0 Å². The molecule has 9 heteroatoms. The molecule has 154 valence electrons. The molecule has 0 saturated carbocycles. The molecule has 0 spiro atoms. The lowest BCUT2D eigenvalue weighted by Crippen LogP contribution is -2.48. The summed E-state index contributed by atoms with van der Waals surface area (Å²) in [6.07, 6.45) is 1.67. The number of nitrogens with zero attached hydrogens (tertiary/aromatic N) is 7. The van der Waals surface area contributed by atoms with Gasteiger partial charge in [-0.3, -0.25) is 4.79 Å². The minimum atomic E-state index is 0.118. The van der Waals surface area contributed by atoms with Gasteiger partial charge in [-0.05, 0) is 31.3 Å². The number of piperazine rings is 2. The molecule has 2 aromatic rings. The van der Waals surface area contributed by atoms with Gasteiger partial charge in [0, 0.05) is 70.7 Å². The maximum Gasteiger partial charge on any atom is 0.249 e. The third kappa shape index (κ3) is 4.73. The number of carbonyl (C=O) groups is 1. The molecule has 1 N–H and O–H groups in total. The highest BCUT2D eigenvalue weighted by atomic mass is 16.2. The van der Waals surface area contributed by atoms with Crippen LogP contribution < -0.4 is 15.1 Å². The van der Waals surface area contributed by atoms with Gasteiger partial charge in [0.25, 0.3) is 0 Å². The Morgan fingerprint density at radius 2 is 1.59 bits per heavy atom. The van der Waals surface area contributed by atoms with Crippen LogP contribution in [0.5, 0.6) is 0 Å². The van der Waals surface area contributed by atoms with E-state index in [9.17, 15) is 4.79 Å².